The molecule has 0 bridgehead atoms. The van der Waals surface area contributed by atoms with Crippen molar-refractivity contribution in [2.75, 3.05) is 13.2 Å². The molecule has 282 valence electrons. The Hall–Kier alpha value is -0.620. The fourth-order valence-corrected chi connectivity index (χ4v) is 11.6. The zero-order valence-electron chi connectivity index (χ0n) is 31.2. The van der Waals surface area contributed by atoms with Gasteiger partial charge in [0.1, 0.15) is 0 Å². The third-order valence-corrected chi connectivity index (χ3v) is 14.7. The maximum Gasteiger partial charge on any atom is 0.161 e. The summed E-state index contributed by atoms with van der Waals surface area (Å²) in [6, 6.07) is 0. The summed E-state index contributed by atoms with van der Waals surface area (Å²) in [5.41, 5.74) is 1.00. The highest BCUT2D eigenvalue weighted by Crippen LogP contribution is 2.69. The summed E-state index contributed by atoms with van der Waals surface area (Å²) in [5, 5.41) is 52.3. The van der Waals surface area contributed by atoms with Crippen molar-refractivity contribution in [1.82, 2.24) is 0 Å². The molecule has 4 aliphatic carbocycles. The summed E-state index contributed by atoms with van der Waals surface area (Å²) in [4.78, 5) is 0. The first kappa shape index (κ1) is 38.1. The van der Waals surface area contributed by atoms with E-state index >= 15 is 0 Å². The molecule has 3 unspecified atom stereocenters. The maximum atomic E-state index is 11.2. The monoisotopic (exact) mass is 692 g/mol. The first-order valence-electron chi connectivity index (χ1n) is 19.7. The van der Waals surface area contributed by atoms with Crippen molar-refractivity contribution < 1.29 is 44.5 Å². The molecule has 6 aliphatic rings. The van der Waals surface area contributed by atoms with E-state index in [-0.39, 0.29) is 24.7 Å². The van der Waals surface area contributed by atoms with Crippen molar-refractivity contribution in [2.45, 2.75) is 186 Å². The Kier molecular flexibility index (Phi) is 11.4. The standard InChI is InChI=1S/C40H68O9/c1-37(2)29-12-13-32-31-11-10-24(39(31,5)16-17-40(32,6)30(29)14-15-33(37)44)8-7-9-34(38(3,4)45)49-36-21-26(43)19-28(48-36)23-46-35-20-25(42)18-27(22-41)47-35/h12,24-28,30-36,41-45H,7-11,13-23H2,1-6H3/t24?,25-,26-,27-,28-,30?,31?,32-,33-,34+,35+,36-,39+,40-/m0/s1. The van der Waals surface area contributed by atoms with Gasteiger partial charge in [0.25, 0.3) is 0 Å². The lowest BCUT2D eigenvalue weighted by atomic mass is 9.43. The molecule has 5 fully saturated rings. The quantitative estimate of drug-likeness (QED) is 0.175. The van der Waals surface area contributed by atoms with E-state index in [0.717, 1.165) is 44.4 Å². The average Bonchev–Trinajstić information content (AvgIpc) is 3.36. The van der Waals surface area contributed by atoms with Crippen molar-refractivity contribution >= 4 is 0 Å². The summed E-state index contributed by atoms with van der Waals surface area (Å²) in [7, 11) is 0. The number of rotatable bonds is 11. The highest BCUT2D eigenvalue weighted by atomic mass is 16.7. The van der Waals surface area contributed by atoms with Gasteiger partial charge in [-0.25, -0.2) is 0 Å². The SMILES string of the molecule is CC(C)(O)[C@@H](CCCC1CCC2[C@@H]3CC=C4C(CC[C@H](O)C4(C)C)[C@]3(C)CC[C@]12C)O[C@H]1C[C@@H](O)C[C@@H](CO[C@H]2C[C@@H](O)C[C@@H](CO)O2)O1. The Bertz CT molecular complexity index is 1150. The van der Waals surface area contributed by atoms with Gasteiger partial charge >= 0.3 is 0 Å². The lowest BCUT2D eigenvalue weighted by Crippen LogP contribution is -2.54. The minimum Gasteiger partial charge on any atom is -0.394 e. The van der Waals surface area contributed by atoms with Crippen LogP contribution in [-0.2, 0) is 18.9 Å². The van der Waals surface area contributed by atoms with Crippen LogP contribution in [0.15, 0.2) is 11.6 Å². The van der Waals surface area contributed by atoms with Crippen LogP contribution in [0.4, 0.5) is 0 Å². The van der Waals surface area contributed by atoms with E-state index in [1.54, 1.807) is 13.8 Å². The predicted molar refractivity (Wildman–Crippen MR) is 186 cm³/mol. The topological polar surface area (TPSA) is 138 Å². The van der Waals surface area contributed by atoms with Crippen LogP contribution in [0, 0.1) is 39.9 Å². The molecule has 49 heavy (non-hydrogen) atoms. The Morgan fingerprint density at radius 3 is 2.24 bits per heavy atom. The summed E-state index contributed by atoms with van der Waals surface area (Å²) >= 11 is 0. The molecule has 2 saturated heterocycles. The molecule has 9 heteroatoms. The molecule has 14 atom stereocenters. The van der Waals surface area contributed by atoms with Gasteiger partial charge in [0.05, 0.1) is 55.4 Å². The van der Waals surface area contributed by atoms with Crippen molar-refractivity contribution in [3.05, 3.63) is 11.6 Å². The van der Waals surface area contributed by atoms with E-state index in [1.165, 1.54) is 31.3 Å². The molecular formula is C40H68O9. The Morgan fingerprint density at radius 1 is 0.857 bits per heavy atom. The third-order valence-electron chi connectivity index (χ3n) is 14.7. The van der Waals surface area contributed by atoms with E-state index in [0.29, 0.717) is 54.3 Å². The van der Waals surface area contributed by atoms with Gasteiger partial charge < -0.3 is 44.5 Å². The summed E-state index contributed by atoms with van der Waals surface area (Å²) in [6.45, 7) is 13.3. The molecule has 0 aromatic rings. The number of allylic oxidation sites excluding steroid dienone is 1. The van der Waals surface area contributed by atoms with Crippen LogP contribution in [0.3, 0.4) is 0 Å². The zero-order valence-corrected chi connectivity index (χ0v) is 31.2. The Labute approximate surface area is 295 Å². The van der Waals surface area contributed by atoms with Gasteiger partial charge in [-0.15, -0.1) is 0 Å². The van der Waals surface area contributed by atoms with Crippen LogP contribution >= 0.6 is 0 Å². The van der Waals surface area contributed by atoms with Crippen LogP contribution in [0.2, 0.25) is 0 Å². The van der Waals surface area contributed by atoms with Crippen LogP contribution < -0.4 is 0 Å². The number of fused-ring (bicyclic) bond motifs is 5. The Balaban J connectivity index is 1.03. The second-order valence-electron chi connectivity index (χ2n) is 18.6. The molecule has 0 radical (unpaired) electrons. The van der Waals surface area contributed by atoms with Gasteiger partial charge in [-0.05, 0) is 106 Å². The number of aliphatic hydroxyl groups excluding tert-OH is 4. The van der Waals surface area contributed by atoms with Crippen molar-refractivity contribution in [2.24, 2.45) is 39.9 Å². The number of hydrogen-bond acceptors (Lipinski definition) is 9. The zero-order chi connectivity index (χ0) is 35.4. The van der Waals surface area contributed by atoms with E-state index < -0.39 is 48.7 Å². The fraction of sp³-hybridized carbons (Fsp3) is 0.950. The second-order valence-corrected chi connectivity index (χ2v) is 18.6. The van der Waals surface area contributed by atoms with Crippen LogP contribution in [0.25, 0.3) is 0 Å². The Morgan fingerprint density at radius 2 is 1.53 bits per heavy atom. The lowest BCUT2D eigenvalue weighted by Gasteiger charge is -2.61. The van der Waals surface area contributed by atoms with Crippen molar-refractivity contribution in [3.8, 4) is 0 Å². The van der Waals surface area contributed by atoms with Gasteiger partial charge in [-0.2, -0.15) is 0 Å². The number of ether oxygens (including phenoxy) is 4. The average molecular weight is 693 g/mol. The molecule has 2 aliphatic heterocycles. The van der Waals surface area contributed by atoms with E-state index in [1.807, 2.05) is 0 Å². The van der Waals surface area contributed by atoms with Gasteiger partial charge in [-0.1, -0.05) is 45.8 Å². The molecule has 6 rings (SSSR count). The normalized spacial score (nSPS) is 45.9. The molecule has 3 saturated carbocycles. The molecule has 2 heterocycles. The molecule has 0 aromatic heterocycles. The minimum atomic E-state index is -1.06. The van der Waals surface area contributed by atoms with E-state index in [4.69, 9.17) is 18.9 Å². The minimum absolute atomic E-state index is 0.121. The lowest BCUT2D eigenvalue weighted by molar-refractivity contribution is -0.279. The molecule has 5 N–H and O–H groups in total. The summed E-state index contributed by atoms with van der Waals surface area (Å²) < 4.78 is 24.3. The van der Waals surface area contributed by atoms with Crippen LogP contribution in [0.5, 0.6) is 0 Å². The number of aliphatic hydroxyl groups is 5. The summed E-state index contributed by atoms with van der Waals surface area (Å²) in [5.74, 6) is 2.70. The van der Waals surface area contributed by atoms with Crippen LogP contribution in [-0.4, -0.2) is 93.6 Å². The number of hydrogen-bond donors (Lipinski definition) is 5. The molecule has 0 amide bonds. The van der Waals surface area contributed by atoms with E-state index in [2.05, 4.69) is 33.8 Å². The van der Waals surface area contributed by atoms with Crippen molar-refractivity contribution in [3.63, 3.8) is 0 Å². The molecule has 0 aromatic carbocycles. The molecular weight excluding hydrogens is 624 g/mol. The molecule has 0 spiro atoms. The highest BCUT2D eigenvalue weighted by molar-refractivity contribution is 5.29. The second kappa shape index (κ2) is 14.7. The van der Waals surface area contributed by atoms with Crippen molar-refractivity contribution in [1.29, 1.82) is 0 Å². The first-order chi connectivity index (χ1) is 23.0. The highest BCUT2D eigenvalue weighted by Gasteiger charge is 2.61. The van der Waals surface area contributed by atoms with Gasteiger partial charge in [0.2, 0.25) is 0 Å². The molecule has 9 nitrogen and oxygen atoms in total. The first-order valence-corrected chi connectivity index (χ1v) is 19.7. The smallest absolute Gasteiger partial charge is 0.161 e. The largest absolute Gasteiger partial charge is 0.394 e. The van der Waals surface area contributed by atoms with Gasteiger partial charge in [-0.3, -0.25) is 0 Å². The summed E-state index contributed by atoms with van der Waals surface area (Å²) in [6.07, 6.45) is 11.1. The third kappa shape index (κ3) is 7.73. The van der Waals surface area contributed by atoms with E-state index in [9.17, 15) is 25.5 Å². The van der Waals surface area contributed by atoms with Gasteiger partial charge in [0.15, 0.2) is 12.6 Å². The predicted octanol–water partition coefficient (Wildman–Crippen LogP) is 5.63. The maximum absolute atomic E-state index is 11.2. The fourth-order valence-electron chi connectivity index (χ4n) is 11.6. The van der Waals surface area contributed by atoms with Crippen LogP contribution in [0.1, 0.15) is 131 Å². The van der Waals surface area contributed by atoms with Gasteiger partial charge in [0, 0.05) is 31.1 Å².